The highest BCUT2D eigenvalue weighted by atomic mass is 16.6. The molecule has 0 saturated carbocycles. The van der Waals surface area contributed by atoms with Crippen LogP contribution in [0.3, 0.4) is 0 Å². The first-order chi connectivity index (χ1) is 11.3. The van der Waals surface area contributed by atoms with Gasteiger partial charge in [0.15, 0.2) is 0 Å². The summed E-state index contributed by atoms with van der Waals surface area (Å²) in [7, 11) is 0. The topological polar surface area (TPSA) is 78.9 Å². The first kappa shape index (κ1) is 18.3. The van der Waals surface area contributed by atoms with Crippen LogP contribution < -0.4 is 5.32 Å². The molecule has 0 spiro atoms. The van der Waals surface area contributed by atoms with Crippen molar-refractivity contribution in [3.63, 3.8) is 0 Å². The number of hydrogen-bond acceptors (Lipinski definition) is 4. The summed E-state index contributed by atoms with van der Waals surface area (Å²) in [6.07, 6.45) is -1.06. The summed E-state index contributed by atoms with van der Waals surface area (Å²) >= 11 is 0. The first-order valence-electron chi connectivity index (χ1n) is 8.27. The molecule has 1 aliphatic rings. The van der Waals surface area contributed by atoms with Crippen LogP contribution in [0.4, 0.5) is 10.5 Å². The maximum atomic E-state index is 12.6. The van der Waals surface area contributed by atoms with E-state index in [1.54, 1.807) is 0 Å². The number of benzene rings is 1. The molecule has 1 saturated heterocycles. The Bertz CT molecular complexity index is 615. The quantitative estimate of drug-likeness (QED) is 0.886. The molecule has 1 aromatic rings. The van der Waals surface area contributed by atoms with Gasteiger partial charge in [-0.3, -0.25) is 9.69 Å². The maximum absolute atomic E-state index is 12.6. The van der Waals surface area contributed by atoms with E-state index in [0.717, 1.165) is 11.1 Å². The average Bonchev–Trinajstić information content (AvgIpc) is 2.89. The summed E-state index contributed by atoms with van der Waals surface area (Å²) in [5.74, 6) is -0.0936. The van der Waals surface area contributed by atoms with Crippen LogP contribution in [0.25, 0.3) is 0 Å². The highest BCUT2D eigenvalue weighted by Gasteiger charge is 2.40. The molecule has 0 aliphatic carbocycles. The van der Waals surface area contributed by atoms with Gasteiger partial charge in [-0.15, -0.1) is 0 Å². The lowest BCUT2D eigenvalue weighted by atomic mass is 10.1. The van der Waals surface area contributed by atoms with Gasteiger partial charge in [0.25, 0.3) is 0 Å². The fourth-order valence-electron chi connectivity index (χ4n) is 2.75. The number of hydrogen-bond donors (Lipinski definition) is 2. The molecule has 24 heavy (non-hydrogen) atoms. The monoisotopic (exact) mass is 334 g/mol. The van der Waals surface area contributed by atoms with E-state index in [1.165, 1.54) is 4.90 Å². The Morgan fingerprint density at radius 1 is 1.38 bits per heavy atom. The normalized spacial score (nSPS) is 20.3. The summed E-state index contributed by atoms with van der Waals surface area (Å²) in [5.41, 5.74) is 2.78. The van der Waals surface area contributed by atoms with Gasteiger partial charge in [-0.2, -0.15) is 0 Å². The standard InChI is InChI=1S/C18H26N2O4/c1-11(2)10-24-18(23)20-9-14(21)8-16(20)17(22)19-15-6-5-12(3)7-13(15)4/h5-7,11,14,16,21H,8-10H2,1-4H3,(H,19,22). The lowest BCUT2D eigenvalue weighted by Gasteiger charge is -2.23. The van der Waals surface area contributed by atoms with Gasteiger partial charge in [0.1, 0.15) is 6.04 Å². The van der Waals surface area contributed by atoms with Crippen LogP contribution in [0.15, 0.2) is 18.2 Å². The third kappa shape index (κ3) is 4.47. The van der Waals surface area contributed by atoms with Gasteiger partial charge in [-0.25, -0.2) is 4.79 Å². The molecule has 0 aromatic heterocycles. The van der Waals surface area contributed by atoms with Gasteiger partial charge < -0.3 is 15.2 Å². The summed E-state index contributed by atoms with van der Waals surface area (Å²) in [4.78, 5) is 26.1. The predicted molar refractivity (Wildman–Crippen MR) is 91.8 cm³/mol. The Balaban J connectivity index is 2.06. The molecule has 2 atom stereocenters. The molecule has 6 nitrogen and oxygen atoms in total. The second-order valence-electron chi connectivity index (χ2n) is 6.84. The second kappa shape index (κ2) is 7.66. The largest absolute Gasteiger partial charge is 0.449 e. The molecular formula is C18H26N2O4. The number of likely N-dealkylation sites (tertiary alicyclic amines) is 1. The first-order valence-corrected chi connectivity index (χ1v) is 8.27. The number of aryl methyl sites for hydroxylation is 2. The second-order valence-corrected chi connectivity index (χ2v) is 6.84. The number of aliphatic hydroxyl groups is 1. The zero-order chi connectivity index (χ0) is 17.9. The third-order valence-electron chi connectivity index (χ3n) is 4.00. The third-order valence-corrected chi connectivity index (χ3v) is 4.00. The van der Waals surface area contributed by atoms with Gasteiger partial charge in [-0.1, -0.05) is 31.5 Å². The van der Waals surface area contributed by atoms with Crippen LogP contribution in [-0.2, 0) is 9.53 Å². The molecule has 1 fully saturated rings. The Hall–Kier alpha value is -2.08. The molecular weight excluding hydrogens is 308 g/mol. The van der Waals surface area contributed by atoms with Crippen molar-refractivity contribution >= 4 is 17.7 Å². The Kier molecular flexibility index (Phi) is 5.83. The minimum atomic E-state index is -0.722. The van der Waals surface area contributed by atoms with E-state index in [9.17, 15) is 14.7 Å². The van der Waals surface area contributed by atoms with Gasteiger partial charge in [0.05, 0.1) is 19.3 Å². The summed E-state index contributed by atoms with van der Waals surface area (Å²) < 4.78 is 5.20. The van der Waals surface area contributed by atoms with E-state index in [-0.39, 0.29) is 31.4 Å². The highest BCUT2D eigenvalue weighted by Crippen LogP contribution is 2.22. The van der Waals surface area contributed by atoms with E-state index in [2.05, 4.69) is 5.32 Å². The minimum absolute atomic E-state index is 0.113. The number of ether oxygens (including phenoxy) is 1. The van der Waals surface area contributed by atoms with Crippen molar-refractivity contribution < 1.29 is 19.4 Å². The smallest absolute Gasteiger partial charge is 0.410 e. The Morgan fingerprint density at radius 3 is 2.71 bits per heavy atom. The number of carbonyl (C=O) groups is 2. The highest BCUT2D eigenvalue weighted by molar-refractivity contribution is 5.97. The van der Waals surface area contributed by atoms with E-state index >= 15 is 0 Å². The average molecular weight is 334 g/mol. The molecule has 132 valence electrons. The van der Waals surface area contributed by atoms with E-state index < -0.39 is 18.2 Å². The van der Waals surface area contributed by atoms with Crippen LogP contribution in [0.2, 0.25) is 0 Å². The zero-order valence-electron chi connectivity index (χ0n) is 14.7. The number of amides is 2. The number of nitrogens with zero attached hydrogens (tertiary/aromatic N) is 1. The van der Waals surface area contributed by atoms with E-state index in [1.807, 2.05) is 45.9 Å². The van der Waals surface area contributed by atoms with Crippen molar-refractivity contribution in [2.45, 2.75) is 46.3 Å². The number of carbonyl (C=O) groups excluding carboxylic acids is 2. The van der Waals surface area contributed by atoms with Crippen LogP contribution >= 0.6 is 0 Å². The van der Waals surface area contributed by atoms with Crippen LogP contribution in [0.5, 0.6) is 0 Å². The minimum Gasteiger partial charge on any atom is -0.449 e. The molecule has 6 heteroatoms. The van der Waals surface area contributed by atoms with Crippen molar-refractivity contribution in [2.75, 3.05) is 18.5 Å². The number of aliphatic hydroxyl groups excluding tert-OH is 1. The lowest BCUT2D eigenvalue weighted by Crippen LogP contribution is -2.43. The van der Waals surface area contributed by atoms with Crippen molar-refractivity contribution in [3.8, 4) is 0 Å². The van der Waals surface area contributed by atoms with E-state index in [0.29, 0.717) is 5.69 Å². The summed E-state index contributed by atoms with van der Waals surface area (Å²) in [5, 5.41) is 12.7. The Labute approximate surface area is 142 Å². The summed E-state index contributed by atoms with van der Waals surface area (Å²) in [6.45, 7) is 8.19. The number of anilines is 1. The molecule has 0 bridgehead atoms. The van der Waals surface area contributed by atoms with E-state index in [4.69, 9.17) is 4.74 Å². The van der Waals surface area contributed by atoms with Gasteiger partial charge in [-0.05, 0) is 31.4 Å². The van der Waals surface area contributed by atoms with Crippen LogP contribution in [0.1, 0.15) is 31.4 Å². The molecule has 0 radical (unpaired) electrons. The van der Waals surface area contributed by atoms with Crippen LogP contribution in [-0.4, -0.2) is 47.3 Å². The predicted octanol–water partition coefficient (Wildman–Crippen LogP) is 2.47. The molecule has 2 amide bonds. The molecule has 2 N–H and O–H groups in total. The van der Waals surface area contributed by atoms with Crippen molar-refractivity contribution in [3.05, 3.63) is 29.3 Å². The SMILES string of the molecule is Cc1ccc(NC(=O)C2CC(O)CN2C(=O)OCC(C)C)c(C)c1. The molecule has 1 aliphatic heterocycles. The lowest BCUT2D eigenvalue weighted by molar-refractivity contribution is -0.120. The number of β-amino-alcohol motifs (C(OH)–C–C–N with tert-alkyl or cyclic N) is 1. The van der Waals surface area contributed by atoms with Gasteiger partial charge in [0.2, 0.25) is 5.91 Å². The summed E-state index contributed by atoms with van der Waals surface area (Å²) in [6, 6.07) is 5.02. The molecule has 2 rings (SSSR count). The van der Waals surface area contributed by atoms with Gasteiger partial charge in [0, 0.05) is 12.1 Å². The maximum Gasteiger partial charge on any atom is 0.410 e. The fourth-order valence-corrected chi connectivity index (χ4v) is 2.75. The van der Waals surface area contributed by atoms with Crippen molar-refractivity contribution in [1.82, 2.24) is 4.90 Å². The molecule has 1 aromatic carbocycles. The Morgan fingerprint density at radius 2 is 2.08 bits per heavy atom. The number of rotatable bonds is 4. The zero-order valence-corrected chi connectivity index (χ0v) is 14.7. The van der Waals surface area contributed by atoms with Crippen molar-refractivity contribution in [2.24, 2.45) is 5.92 Å². The van der Waals surface area contributed by atoms with Crippen LogP contribution in [0, 0.1) is 19.8 Å². The molecule has 1 heterocycles. The molecule has 2 unspecified atom stereocenters. The van der Waals surface area contributed by atoms with Gasteiger partial charge >= 0.3 is 6.09 Å². The fraction of sp³-hybridized carbons (Fsp3) is 0.556. The number of nitrogens with one attached hydrogen (secondary N) is 1. The van der Waals surface area contributed by atoms with Crippen molar-refractivity contribution in [1.29, 1.82) is 0 Å².